The van der Waals surface area contributed by atoms with E-state index in [1.165, 1.54) is 0 Å². The summed E-state index contributed by atoms with van der Waals surface area (Å²) in [7, 11) is 1.94. The number of pyridine rings is 1. The normalized spacial score (nSPS) is 15.8. The van der Waals surface area contributed by atoms with Gasteiger partial charge >= 0.3 is 0 Å². The highest BCUT2D eigenvalue weighted by molar-refractivity contribution is 5.61. The van der Waals surface area contributed by atoms with Gasteiger partial charge in [-0.05, 0) is 12.1 Å². The Hall–Kier alpha value is -1.80. The number of hydrogen-bond acceptors (Lipinski definition) is 6. The van der Waals surface area contributed by atoms with Gasteiger partial charge in [0.25, 0.3) is 0 Å². The Balaban J connectivity index is 1.67. The summed E-state index contributed by atoms with van der Waals surface area (Å²) in [5, 5.41) is 14.0. The van der Waals surface area contributed by atoms with E-state index in [1.54, 1.807) is 6.20 Å². The standard InChI is InChI=1S/C18H27N5O2/c1-21-14-17(18(20-21)16-3-2-4-19-13-16)15-23(7-10-24)6-5-22-8-11-25-12-9-22/h2-4,13-14,24H,5-12,15H2,1H3. The molecule has 0 radical (unpaired) electrons. The van der Waals surface area contributed by atoms with Gasteiger partial charge in [-0.3, -0.25) is 19.5 Å². The summed E-state index contributed by atoms with van der Waals surface area (Å²) >= 11 is 0. The highest BCUT2D eigenvalue weighted by Gasteiger charge is 2.16. The van der Waals surface area contributed by atoms with Crippen LogP contribution in [0.15, 0.2) is 30.7 Å². The summed E-state index contributed by atoms with van der Waals surface area (Å²) in [5.74, 6) is 0. The maximum Gasteiger partial charge on any atom is 0.0983 e. The number of aliphatic hydroxyl groups excluding tert-OH is 1. The monoisotopic (exact) mass is 345 g/mol. The molecule has 0 unspecified atom stereocenters. The molecular formula is C18H27N5O2. The number of nitrogens with zero attached hydrogens (tertiary/aromatic N) is 5. The number of ether oxygens (including phenoxy) is 1. The zero-order valence-electron chi connectivity index (χ0n) is 14.8. The van der Waals surface area contributed by atoms with E-state index in [1.807, 2.05) is 30.1 Å². The molecule has 7 nitrogen and oxygen atoms in total. The molecule has 2 aromatic heterocycles. The highest BCUT2D eigenvalue weighted by Crippen LogP contribution is 2.22. The summed E-state index contributed by atoms with van der Waals surface area (Å²) in [6.07, 6.45) is 5.67. The fourth-order valence-electron chi connectivity index (χ4n) is 3.16. The van der Waals surface area contributed by atoms with Crippen molar-refractivity contribution in [2.24, 2.45) is 7.05 Å². The molecule has 1 N–H and O–H groups in total. The van der Waals surface area contributed by atoms with Crippen LogP contribution in [0.5, 0.6) is 0 Å². The molecule has 7 heteroatoms. The number of aliphatic hydroxyl groups is 1. The number of aryl methyl sites for hydroxylation is 1. The highest BCUT2D eigenvalue weighted by atomic mass is 16.5. The van der Waals surface area contributed by atoms with Gasteiger partial charge < -0.3 is 9.84 Å². The van der Waals surface area contributed by atoms with Gasteiger partial charge in [0.05, 0.1) is 25.5 Å². The van der Waals surface area contributed by atoms with Crippen molar-refractivity contribution in [3.63, 3.8) is 0 Å². The van der Waals surface area contributed by atoms with E-state index >= 15 is 0 Å². The molecule has 2 aromatic rings. The van der Waals surface area contributed by atoms with E-state index < -0.39 is 0 Å². The number of rotatable bonds is 8. The second kappa shape index (κ2) is 9.05. The summed E-state index contributed by atoms with van der Waals surface area (Å²) < 4.78 is 7.25. The molecule has 3 rings (SSSR count). The summed E-state index contributed by atoms with van der Waals surface area (Å²) in [6.45, 7) is 7.09. The zero-order chi connectivity index (χ0) is 17.5. The van der Waals surface area contributed by atoms with Crippen molar-refractivity contribution in [3.05, 3.63) is 36.3 Å². The van der Waals surface area contributed by atoms with Crippen molar-refractivity contribution < 1.29 is 9.84 Å². The smallest absolute Gasteiger partial charge is 0.0983 e. The van der Waals surface area contributed by atoms with E-state index in [4.69, 9.17) is 4.74 Å². The van der Waals surface area contributed by atoms with E-state index in [0.717, 1.165) is 62.8 Å². The third-order valence-corrected chi connectivity index (χ3v) is 4.49. The fourth-order valence-corrected chi connectivity index (χ4v) is 3.16. The van der Waals surface area contributed by atoms with Gasteiger partial charge in [-0.2, -0.15) is 5.10 Å². The van der Waals surface area contributed by atoms with Crippen LogP contribution in [0.4, 0.5) is 0 Å². The van der Waals surface area contributed by atoms with Crippen LogP contribution in [0.25, 0.3) is 11.3 Å². The molecule has 3 heterocycles. The predicted octanol–water partition coefficient (Wildman–Crippen LogP) is 0.609. The zero-order valence-corrected chi connectivity index (χ0v) is 14.8. The van der Waals surface area contributed by atoms with Crippen molar-refractivity contribution in [1.29, 1.82) is 0 Å². The molecule has 1 fully saturated rings. The van der Waals surface area contributed by atoms with Crippen molar-refractivity contribution >= 4 is 0 Å². The first-order valence-electron chi connectivity index (χ1n) is 8.82. The number of hydrogen-bond donors (Lipinski definition) is 1. The molecule has 0 aromatic carbocycles. The summed E-state index contributed by atoms with van der Waals surface area (Å²) in [6, 6.07) is 3.96. The van der Waals surface area contributed by atoms with E-state index in [9.17, 15) is 5.11 Å². The van der Waals surface area contributed by atoms with Crippen molar-refractivity contribution in [2.45, 2.75) is 6.54 Å². The van der Waals surface area contributed by atoms with Crippen LogP contribution in [0.3, 0.4) is 0 Å². The lowest BCUT2D eigenvalue weighted by Crippen LogP contribution is -2.41. The Morgan fingerprint density at radius 3 is 2.84 bits per heavy atom. The van der Waals surface area contributed by atoms with Crippen LogP contribution in [0.2, 0.25) is 0 Å². The largest absolute Gasteiger partial charge is 0.395 e. The Morgan fingerprint density at radius 2 is 2.12 bits per heavy atom. The number of aromatic nitrogens is 3. The Labute approximate surface area is 148 Å². The minimum absolute atomic E-state index is 0.158. The Kier molecular flexibility index (Phi) is 6.52. The van der Waals surface area contributed by atoms with Gasteiger partial charge in [0.1, 0.15) is 0 Å². The van der Waals surface area contributed by atoms with Crippen molar-refractivity contribution in [3.8, 4) is 11.3 Å². The molecule has 1 aliphatic heterocycles. The lowest BCUT2D eigenvalue weighted by atomic mass is 10.1. The third kappa shape index (κ3) is 5.09. The lowest BCUT2D eigenvalue weighted by molar-refractivity contribution is 0.0320. The minimum atomic E-state index is 0.158. The van der Waals surface area contributed by atoms with Crippen LogP contribution in [0, 0.1) is 0 Å². The first kappa shape index (κ1) is 18.0. The van der Waals surface area contributed by atoms with E-state index in [-0.39, 0.29) is 6.61 Å². The van der Waals surface area contributed by atoms with Gasteiger partial charge in [0, 0.05) is 76.0 Å². The molecule has 0 aliphatic carbocycles. The first-order valence-corrected chi connectivity index (χ1v) is 8.82. The second-order valence-corrected chi connectivity index (χ2v) is 6.37. The van der Waals surface area contributed by atoms with Gasteiger partial charge in [-0.25, -0.2) is 0 Å². The average molecular weight is 345 g/mol. The van der Waals surface area contributed by atoms with Gasteiger partial charge in [-0.1, -0.05) is 0 Å². The van der Waals surface area contributed by atoms with Crippen molar-refractivity contribution in [2.75, 3.05) is 52.5 Å². The SMILES string of the molecule is Cn1cc(CN(CCO)CCN2CCOCC2)c(-c2cccnc2)n1. The summed E-state index contributed by atoms with van der Waals surface area (Å²) in [4.78, 5) is 8.90. The molecule has 136 valence electrons. The second-order valence-electron chi connectivity index (χ2n) is 6.37. The molecular weight excluding hydrogens is 318 g/mol. The molecule has 1 saturated heterocycles. The van der Waals surface area contributed by atoms with E-state index in [0.29, 0.717) is 6.54 Å². The molecule has 0 bridgehead atoms. The quantitative estimate of drug-likeness (QED) is 0.756. The molecule has 0 saturated carbocycles. The van der Waals surface area contributed by atoms with Crippen LogP contribution in [-0.4, -0.2) is 82.2 Å². The molecule has 25 heavy (non-hydrogen) atoms. The third-order valence-electron chi connectivity index (χ3n) is 4.49. The molecule has 0 amide bonds. The van der Waals surface area contributed by atoms with Crippen LogP contribution < -0.4 is 0 Å². The summed E-state index contributed by atoms with van der Waals surface area (Å²) in [5.41, 5.74) is 3.14. The maximum absolute atomic E-state index is 9.44. The Bertz CT molecular complexity index is 640. The van der Waals surface area contributed by atoms with Crippen LogP contribution in [0.1, 0.15) is 5.56 Å². The van der Waals surface area contributed by atoms with Gasteiger partial charge in [0.2, 0.25) is 0 Å². The molecule has 1 aliphatic rings. The van der Waals surface area contributed by atoms with Crippen molar-refractivity contribution in [1.82, 2.24) is 24.6 Å². The van der Waals surface area contributed by atoms with Gasteiger partial charge in [-0.15, -0.1) is 0 Å². The number of morpholine rings is 1. The minimum Gasteiger partial charge on any atom is -0.395 e. The van der Waals surface area contributed by atoms with Crippen LogP contribution >= 0.6 is 0 Å². The molecule has 0 spiro atoms. The lowest BCUT2D eigenvalue weighted by Gasteiger charge is -2.29. The predicted molar refractivity (Wildman–Crippen MR) is 96.1 cm³/mol. The first-order chi connectivity index (χ1) is 12.3. The molecule has 0 atom stereocenters. The Morgan fingerprint density at radius 1 is 1.28 bits per heavy atom. The van der Waals surface area contributed by atoms with Gasteiger partial charge in [0.15, 0.2) is 0 Å². The average Bonchev–Trinajstić information content (AvgIpc) is 3.02. The van der Waals surface area contributed by atoms with Crippen LogP contribution in [-0.2, 0) is 18.3 Å². The topological polar surface area (TPSA) is 66.7 Å². The fraction of sp³-hybridized carbons (Fsp3) is 0.556. The maximum atomic E-state index is 9.44. The van der Waals surface area contributed by atoms with E-state index in [2.05, 4.69) is 26.1 Å².